The maximum absolute atomic E-state index is 11.8. The molecule has 106 valence electrons. The molecule has 0 atom stereocenters. The van der Waals surface area contributed by atoms with Gasteiger partial charge in [-0.25, -0.2) is 9.78 Å². The first-order valence-electron chi connectivity index (χ1n) is 6.63. The molecule has 1 aliphatic rings. The van der Waals surface area contributed by atoms with E-state index in [0.717, 1.165) is 33.8 Å². The van der Waals surface area contributed by atoms with Crippen LogP contribution in [0, 0.1) is 12.3 Å². The molecule has 0 radical (unpaired) electrons. The number of nitrogens with zero attached hydrogens (tertiary/aromatic N) is 1. The first kappa shape index (κ1) is 13.3. The van der Waals surface area contributed by atoms with Gasteiger partial charge in [-0.2, -0.15) is 0 Å². The van der Waals surface area contributed by atoms with E-state index >= 15 is 0 Å². The average Bonchev–Trinajstić information content (AvgIpc) is 3.11. The van der Waals surface area contributed by atoms with Crippen molar-refractivity contribution in [1.29, 1.82) is 0 Å². The van der Waals surface area contributed by atoms with Gasteiger partial charge in [0.15, 0.2) is 0 Å². The van der Waals surface area contributed by atoms with Gasteiger partial charge >= 0.3 is 6.03 Å². The van der Waals surface area contributed by atoms with Crippen molar-refractivity contribution in [3.05, 3.63) is 23.2 Å². The Hall–Kier alpha value is -1.66. The van der Waals surface area contributed by atoms with Crippen LogP contribution in [0.3, 0.4) is 0 Å². The zero-order chi connectivity index (χ0) is 14.2. The molecule has 0 unspecified atom stereocenters. The van der Waals surface area contributed by atoms with Gasteiger partial charge in [-0.05, 0) is 38.0 Å². The number of hydrogen-bond donors (Lipinski definition) is 3. The molecule has 2 aromatic rings. The summed E-state index contributed by atoms with van der Waals surface area (Å²) in [7, 11) is 0. The SMILES string of the molecule is Cc1nc2ccc(NC(=O)NCC3(CO)CC3)cc2s1. The number of aliphatic hydroxyl groups excluding tert-OH is 1. The normalized spacial score (nSPS) is 16.1. The number of carbonyl (C=O) groups excluding carboxylic acids is 1. The Kier molecular flexibility index (Phi) is 3.35. The molecule has 0 bridgehead atoms. The highest BCUT2D eigenvalue weighted by Crippen LogP contribution is 2.44. The Morgan fingerprint density at radius 3 is 3.00 bits per heavy atom. The predicted molar refractivity (Wildman–Crippen MR) is 80.1 cm³/mol. The van der Waals surface area contributed by atoms with Gasteiger partial charge in [-0.1, -0.05) is 0 Å². The highest BCUT2D eigenvalue weighted by atomic mass is 32.1. The number of nitrogens with one attached hydrogen (secondary N) is 2. The molecule has 1 aromatic carbocycles. The second-order valence-electron chi connectivity index (χ2n) is 5.38. The number of thiazole rings is 1. The summed E-state index contributed by atoms with van der Waals surface area (Å²) in [4.78, 5) is 16.2. The largest absolute Gasteiger partial charge is 0.396 e. The maximum Gasteiger partial charge on any atom is 0.319 e. The summed E-state index contributed by atoms with van der Waals surface area (Å²) in [6, 6.07) is 5.45. The van der Waals surface area contributed by atoms with Gasteiger partial charge in [0.05, 0.1) is 21.8 Å². The molecular formula is C14H17N3O2S. The number of amides is 2. The second kappa shape index (κ2) is 5.03. The third kappa shape index (κ3) is 2.76. The van der Waals surface area contributed by atoms with Crippen LogP contribution in [0.2, 0.25) is 0 Å². The minimum Gasteiger partial charge on any atom is -0.396 e. The Balaban J connectivity index is 1.62. The van der Waals surface area contributed by atoms with Crippen molar-refractivity contribution in [2.75, 3.05) is 18.5 Å². The number of aryl methyl sites for hydroxylation is 1. The third-order valence-corrected chi connectivity index (χ3v) is 4.60. The zero-order valence-corrected chi connectivity index (χ0v) is 12.1. The fourth-order valence-corrected chi connectivity index (χ4v) is 2.99. The van der Waals surface area contributed by atoms with Crippen LogP contribution in [-0.2, 0) is 0 Å². The number of anilines is 1. The van der Waals surface area contributed by atoms with Crippen molar-refractivity contribution in [3.63, 3.8) is 0 Å². The molecule has 1 heterocycles. The lowest BCUT2D eigenvalue weighted by Gasteiger charge is -2.13. The van der Waals surface area contributed by atoms with Crippen LogP contribution in [-0.4, -0.2) is 29.3 Å². The average molecular weight is 291 g/mol. The monoisotopic (exact) mass is 291 g/mol. The molecule has 1 fully saturated rings. The van der Waals surface area contributed by atoms with Crippen molar-refractivity contribution in [1.82, 2.24) is 10.3 Å². The summed E-state index contributed by atoms with van der Waals surface area (Å²) in [5.41, 5.74) is 1.64. The summed E-state index contributed by atoms with van der Waals surface area (Å²) in [5.74, 6) is 0. The van der Waals surface area contributed by atoms with Crippen molar-refractivity contribution in [2.45, 2.75) is 19.8 Å². The van der Waals surface area contributed by atoms with Crippen molar-refractivity contribution in [2.24, 2.45) is 5.41 Å². The van der Waals surface area contributed by atoms with E-state index in [1.165, 1.54) is 0 Å². The number of benzene rings is 1. The van der Waals surface area contributed by atoms with Crippen LogP contribution < -0.4 is 10.6 Å². The summed E-state index contributed by atoms with van der Waals surface area (Å²) < 4.78 is 1.06. The molecule has 0 spiro atoms. The molecule has 3 N–H and O–H groups in total. The first-order chi connectivity index (χ1) is 9.60. The molecule has 3 rings (SSSR count). The Labute approximate surface area is 121 Å². The quantitative estimate of drug-likeness (QED) is 0.810. The molecule has 0 saturated heterocycles. The number of urea groups is 1. The second-order valence-corrected chi connectivity index (χ2v) is 6.62. The Morgan fingerprint density at radius 2 is 2.30 bits per heavy atom. The minimum absolute atomic E-state index is 0.0733. The van der Waals surface area contributed by atoms with E-state index in [1.807, 2.05) is 25.1 Å². The lowest BCUT2D eigenvalue weighted by molar-refractivity contribution is 0.206. The van der Waals surface area contributed by atoms with E-state index in [4.69, 9.17) is 0 Å². The van der Waals surface area contributed by atoms with Gasteiger partial charge in [-0.15, -0.1) is 11.3 Å². The van der Waals surface area contributed by atoms with Crippen molar-refractivity contribution >= 4 is 33.3 Å². The van der Waals surface area contributed by atoms with Crippen LogP contribution in [0.15, 0.2) is 18.2 Å². The van der Waals surface area contributed by atoms with Crippen molar-refractivity contribution < 1.29 is 9.90 Å². The molecule has 1 aliphatic carbocycles. The van der Waals surface area contributed by atoms with E-state index in [-0.39, 0.29) is 18.1 Å². The fraction of sp³-hybridized carbons (Fsp3) is 0.429. The lowest BCUT2D eigenvalue weighted by Crippen LogP contribution is -2.35. The van der Waals surface area contributed by atoms with E-state index in [2.05, 4.69) is 15.6 Å². The van der Waals surface area contributed by atoms with Gasteiger partial charge in [-0.3, -0.25) is 0 Å². The number of aromatic nitrogens is 1. The van der Waals surface area contributed by atoms with E-state index in [9.17, 15) is 9.90 Å². The standard InChI is InChI=1S/C14H17N3O2S/c1-9-16-11-3-2-10(6-12(11)20-9)17-13(19)15-7-14(8-18)4-5-14/h2-3,6,18H,4-5,7-8H2,1H3,(H2,15,17,19). The smallest absolute Gasteiger partial charge is 0.319 e. The number of aliphatic hydroxyl groups is 1. The lowest BCUT2D eigenvalue weighted by atomic mass is 10.1. The van der Waals surface area contributed by atoms with Gasteiger partial charge in [0.1, 0.15) is 0 Å². The Bertz CT molecular complexity index is 649. The number of fused-ring (bicyclic) bond motifs is 1. The van der Waals surface area contributed by atoms with Crippen LogP contribution >= 0.6 is 11.3 Å². The van der Waals surface area contributed by atoms with Gasteiger partial charge < -0.3 is 15.7 Å². The van der Waals surface area contributed by atoms with Crippen molar-refractivity contribution in [3.8, 4) is 0 Å². The maximum atomic E-state index is 11.8. The van der Waals surface area contributed by atoms with Gasteiger partial charge in [0.25, 0.3) is 0 Å². The van der Waals surface area contributed by atoms with Crippen LogP contribution in [0.25, 0.3) is 10.2 Å². The number of hydrogen-bond acceptors (Lipinski definition) is 4. The van der Waals surface area contributed by atoms with E-state index < -0.39 is 0 Å². The third-order valence-electron chi connectivity index (χ3n) is 3.67. The van der Waals surface area contributed by atoms with Gasteiger partial charge in [0.2, 0.25) is 0 Å². The summed E-state index contributed by atoms with van der Waals surface area (Å²) >= 11 is 1.61. The first-order valence-corrected chi connectivity index (χ1v) is 7.45. The number of rotatable bonds is 4. The van der Waals surface area contributed by atoms with Gasteiger partial charge in [0, 0.05) is 17.6 Å². The minimum atomic E-state index is -0.231. The highest BCUT2D eigenvalue weighted by molar-refractivity contribution is 7.18. The number of carbonyl (C=O) groups is 1. The summed E-state index contributed by atoms with van der Waals surface area (Å²) in [6.45, 7) is 2.63. The zero-order valence-electron chi connectivity index (χ0n) is 11.3. The fourth-order valence-electron chi connectivity index (χ4n) is 2.13. The molecule has 5 nitrogen and oxygen atoms in total. The predicted octanol–water partition coefficient (Wildman–Crippen LogP) is 2.50. The van der Waals surface area contributed by atoms with Crippen LogP contribution in [0.4, 0.5) is 10.5 Å². The molecule has 20 heavy (non-hydrogen) atoms. The topological polar surface area (TPSA) is 74.2 Å². The molecule has 1 saturated carbocycles. The molecule has 0 aliphatic heterocycles. The van der Waals surface area contributed by atoms with Crippen LogP contribution in [0.1, 0.15) is 17.8 Å². The highest BCUT2D eigenvalue weighted by Gasteiger charge is 2.42. The molecule has 6 heteroatoms. The summed E-state index contributed by atoms with van der Waals surface area (Å²) in [5, 5.41) is 15.8. The van der Waals surface area contributed by atoms with E-state index in [0.29, 0.717) is 6.54 Å². The molecule has 2 amide bonds. The molecular weight excluding hydrogens is 274 g/mol. The summed E-state index contributed by atoms with van der Waals surface area (Å²) in [6.07, 6.45) is 1.96. The molecule has 1 aromatic heterocycles. The van der Waals surface area contributed by atoms with Crippen LogP contribution in [0.5, 0.6) is 0 Å². The van der Waals surface area contributed by atoms with E-state index in [1.54, 1.807) is 11.3 Å². The Morgan fingerprint density at radius 1 is 1.50 bits per heavy atom.